The second kappa shape index (κ2) is 7.17. The molecule has 0 fully saturated rings. The molecule has 5 nitrogen and oxygen atoms in total. The third-order valence-electron chi connectivity index (χ3n) is 1.55. The summed E-state index contributed by atoms with van der Waals surface area (Å²) in [5, 5.41) is 3.12. The normalized spacial score (nSPS) is 14.2. The first-order valence-corrected chi connectivity index (χ1v) is 6.34. The van der Waals surface area contributed by atoms with Crippen LogP contribution in [-0.4, -0.2) is 47.6 Å². The van der Waals surface area contributed by atoms with E-state index in [0.717, 1.165) is 19.2 Å². The highest BCUT2D eigenvalue weighted by atomic mass is 32.2. The molecule has 6 heteroatoms. The highest BCUT2D eigenvalue weighted by Gasteiger charge is 2.06. The molecule has 1 unspecified atom stereocenters. The zero-order valence-corrected chi connectivity index (χ0v) is 9.76. The van der Waals surface area contributed by atoms with E-state index in [-0.39, 0.29) is 12.6 Å². The van der Waals surface area contributed by atoms with Gasteiger partial charge in [0.2, 0.25) is 0 Å². The summed E-state index contributed by atoms with van der Waals surface area (Å²) in [5.41, 5.74) is 0. The fourth-order valence-electron chi connectivity index (χ4n) is 0.850. The summed E-state index contributed by atoms with van der Waals surface area (Å²) < 4.78 is 30.8. The molecule has 14 heavy (non-hydrogen) atoms. The predicted octanol–water partition coefficient (Wildman–Crippen LogP) is -0.0228. The average Bonchev–Trinajstić information content (AvgIpc) is 2.08. The maximum Gasteiger partial charge on any atom is 0.264 e. The number of methoxy groups -OCH3 is 1. The van der Waals surface area contributed by atoms with E-state index < -0.39 is 10.1 Å². The zero-order chi connectivity index (χ0) is 11.0. The molecule has 0 aliphatic heterocycles. The predicted molar refractivity (Wildman–Crippen MR) is 54.8 cm³/mol. The number of nitrogens with one attached hydrogen (secondary N) is 1. The molecule has 0 aliphatic rings. The van der Waals surface area contributed by atoms with Crippen LogP contribution < -0.4 is 5.32 Å². The van der Waals surface area contributed by atoms with Gasteiger partial charge in [-0.25, -0.2) is 0 Å². The van der Waals surface area contributed by atoms with Crippen LogP contribution in [0.25, 0.3) is 0 Å². The maximum absolute atomic E-state index is 10.6. The Morgan fingerprint density at radius 2 is 2.07 bits per heavy atom. The Morgan fingerprint density at radius 3 is 2.57 bits per heavy atom. The van der Waals surface area contributed by atoms with Gasteiger partial charge in [0.1, 0.15) is 0 Å². The number of hydrogen-bond acceptors (Lipinski definition) is 5. The summed E-state index contributed by atoms with van der Waals surface area (Å²) in [5.74, 6) is 0. The minimum atomic E-state index is -3.32. The molecule has 0 amide bonds. The Labute approximate surface area is 85.9 Å². The van der Waals surface area contributed by atoms with Crippen LogP contribution in [-0.2, 0) is 19.0 Å². The van der Waals surface area contributed by atoms with Crippen LogP contribution >= 0.6 is 0 Å². The molecule has 0 aromatic heterocycles. The van der Waals surface area contributed by atoms with Crippen molar-refractivity contribution < 1.29 is 17.3 Å². The van der Waals surface area contributed by atoms with Gasteiger partial charge in [0, 0.05) is 19.8 Å². The summed E-state index contributed by atoms with van der Waals surface area (Å²) >= 11 is 0. The van der Waals surface area contributed by atoms with Crippen molar-refractivity contribution in [3.05, 3.63) is 0 Å². The van der Waals surface area contributed by atoms with Gasteiger partial charge in [-0.1, -0.05) is 0 Å². The van der Waals surface area contributed by atoms with E-state index in [1.807, 2.05) is 6.92 Å². The van der Waals surface area contributed by atoms with Gasteiger partial charge in [-0.15, -0.1) is 0 Å². The van der Waals surface area contributed by atoms with E-state index in [2.05, 4.69) is 9.50 Å². The first-order valence-electron chi connectivity index (χ1n) is 4.52. The zero-order valence-electron chi connectivity index (χ0n) is 8.95. The number of hydrogen-bond donors (Lipinski definition) is 1. The van der Waals surface area contributed by atoms with E-state index >= 15 is 0 Å². The Kier molecular flexibility index (Phi) is 7.08. The van der Waals surface area contributed by atoms with Gasteiger partial charge in [-0.2, -0.15) is 8.42 Å². The van der Waals surface area contributed by atoms with E-state index in [4.69, 9.17) is 4.74 Å². The van der Waals surface area contributed by atoms with Crippen LogP contribution in [0.3, 0.4) is 0 Å². The molecule has 0 saturated heterocycles. The molecule has 0 saturated carbocycles. The van der Waals surface area contributed by atoms with Crippen molar-refractivity contribution in [3.8, 4) is 0 Å². The number of rotatable bonds is 8. The minimum Gasteiger partial charge on any atom is -0.385 e. The van der Waals surface area contributed by atoms with Gasteiger partial charge in [0.25, 0.3) is 10.1 Å². The first kappa shape index (κ1) is 13.8. The number of ether oxygens (including phenoxy) is 1. The Hall–Kier alpha value is -0.170. The second-order valence-corrected chi connectivity index (χ2v) is 4.83. The van der Waals surface area contributed by atoms with Crippen molar-refractivity contribution in [1.29, 1.82) is 0 Å². The van der Waals surface area contributed by atoms with Gasteiger partial charge in [-0.05, 0) is 19.9 Å². The molecule has 0 spiro atoms. The average molecular weight is 225 g/mol. The Morgan fingerprint density at radius 1 is 1.43 bits per heavy atom. The highest BCUT2D eigenvalue weighted by Crippen LogP contribution is 1.91. The molecule has 1 atom stereocenters. The lowest BCUT2D eigenvalue weighted by atomic mass is 10.3. The standard InChI is InChI=1S/C8H19NO4S/c1-8(7-13-14(3,10)11)9-5-4-6-12-2/h8-9H,4-7H2,1-3H3. The molecule has 0 aromatic carbocycles. The molecule has 0 bridgehead atoms. The lowest BCUT2D eigenvalue weighted by Crippen LogP contribution is -2.32. The summed E-state index contributed by atoms with van der Waals surface area (Å²) in [7, 11) is -1.67. The van der Waals surface area contributed by atoms with Gasteiger partial charge in [0.05, 0.1) is 12.9 Å². The maximum atomic E-state index is 10.6. The molecule has 86 valence electrons. The van der Waals surface area contributed by atoms with E-state index in [0.29, 0.717) is 6.61 Å². The fraction of sp³-hybridized carbons (Fsp3) is 1.00. The topological polar surface area (TPSA) is 64.6 Å². The van der Waals surface area contributed by atoms with Crippen LogP contribution in [0, 0.1) is 0 Å². The van der Waals surface area contributed by atoms with Crippen LogP contribution in [0.2, 0.25) is 0 Å². The van der Waals surface area contributed by atoms with Crippen molar-refractivity contribution in [1.82, 2.24) is 5.32 Å². The molecule has 0 aliphatic carbocycles. The lowest BCUT2D eigenvalue weighted by Gasteiger charge is -2.12. The lowest BCUT2D eigenvalue weighted by molar-refractivity contribution is 0.191. The van der Waals surface area contributed by atoms with E-state index in [1.165, 1.54) is 0 Å². The Balaban J connectivity index is 3.42. The largest absolute Gasteiger partial charge is 0.385 e. The van der Waals surface area contributed by atoms with Crippen molar-refractivity contribution >= 4 is 10.1 Å². The molecular formula is C8H19NO4S. The van der Waals surface area contributed by atoms with Crippen LogP contribution in [0.4, 0.5) is 0 Å². The molecule has 1 N–H and O–H groups in total. The monoisotopic (exact) mass is 225 g/mol. The summed E-state index contributed by atoms with van der Waals surface area (Å²) in [4.78, 5) is 0. The van der Waals surface area contributed by atoms with Crippen LogP contribution in [0.5, 0.6) is 0 Å². The van der Waals surface area contributed by atoms with Gasteiger partial charge < -0.3 is 10.1 Å². The van der Waals surface area contributed by atoms with Gasteiger partial charge >= 0.3 is 0 Å². The summed E-state index contributed by atoms with van der Waals surface area (Å²) in [6.07, 6.45) is 1.95. The summed E-state index contributed by atoms with van der Waals surface area (Å²) in [6, 6.07) is 0.0292. The first-order chi connectivity index (χ1) is 6.45. The minimum absolute atomic E-state index is 0.0292. The van der Waals surface area contributed by atoms with Crippen LogP contribution in [0.15, 0.2) is 0 Å². The van der Waals surface area contributed by atoms with Crippen LogP contribution in [0.1, 0.15) is 13.3 Å². The summed E-state index contributed by atoms with van der Waals surface area (Å²) in [6.45, 7) is 3.54. The van der Waals surface area contributed by atoms with Crippen molar-refractivity contribution in [3.63, 3.8) is 0 Å². The molecule has 0 heterocycles. The molecular weight excluding hydrogens is 206 g/mol. The molecule has 0 radical (unpaired) electrons. The second-order valence-electron chi connectivity index (χ2n) is 3.19. The van der Waals surface area contributed by atoms with E-state index in [9.17, 15) is 8.42 Å². The quantitative estimate of drug-likeness (QED) is 0.464. The third kappa shape index (κ3) is 9.91. The van der Waals surface area contributed by atoms with Crippen molar-refractivity contribution in [2.24, 2.45) is 0 Å². The van der Waals surface area contributed by atoms with Crippen molar-refractivity contribution in [2.45, 2.75) is 19.4 Å². The third-order valence-corrected chi connectivity index (χ3v) is 2.11. The van der Waals surface area contributed by atoms with Crippen molar-refractivity contribution in [2.75, 3.05) is 33.1 Å². The molecule has 0 aromatic rings. The smallest absolute Gasteiger partial charge is 0.264 e. The molecule has 0 rings (SSSR count). The van der Waals surface area contributed by atoms with Gasteiger partial charge in [0.15, 0.2) is 0 Å². The SMILES string of the molecule is COCCCNC(C)COS(C)(=O)=O. The van der Waals surface area contributed by atoms with E-state index in [1.54, 1.807) is 7.11 Å². The fourth-order valence-corrected chi connectivity index (χ4v) is 1.30. The van der Waals surface area contributed by atoms with Gasteiger partial charge in [-0.3, -0.25) is 4.18 Å². The highest BCUT2D eigenvalue weighted by molar-refractivity contribution is 7.85. The Bertz CT molecular complexity index is 227.